The molecule has 0 unspecified atom stereocenters. The van der Waals surface area contributed by atoms with Crippen molar-refractivity contribution in [3.63, 3.8) is 0 Å². The van der Waals surface area contributed by atoms with E-state index in [0.29, 0.717) is 16.9 Å². The molecule has 0 bridgehead atoms. The average Bonchev–Trinajstić information content (AvgIpc) is 2.37. The number of hydrogen-bond acceptors (Lipinski definition) is 2. The van der Waals surface area contributed by atoms with E-state index in [9.17, 15) is 13.2 Å². The van der Waals surface area contributed by atoms with E-state index in [-0.39, 0.29) is 4.99 Å². The summed E-state index contributed by atoms with van der Waals surface area (Å²) in [5.41, 5.74) is 7.37. The fourth-order valence-electron chi connectivity index (χ4n) is 1.91. The number of anilines is 2. The molecule has 0 fully saturated rings. The summed E-state index contributed by atoms with van der Waals surface area (Å²) in [6.07, 6.45) is -4.38. The van der Waals surface area contributed by atoms with Gasteiger partial charge in [0.05, 0.1) is 5.56 Å². The van der Waals surface area contributed by atoms with Gasteiger partial charge in [0.25, 0.3) is 0 Å². The van der Waals surface area contributed by atoms with E-state index in [2.05, 4.69) is 5.32 Å². The lowest BCUT2D eigenvalue weighted by Crippen LogP contribution is -2.12. The summed E-state index contributed by atoms with van der Waals surface area (Å²) in [5.74, 6) is 0. The molecule has 2 aromatic rings. The van der Waals surface area contributed by atoms with Crippen LogP contribution in [0.4, 0.5) is 24.5 Å². The number of benzene rings is 2. The fourth-order valence-corrected chi connectivity index (χ4v) is 2.08. The zero-order chi connectivity index (χ0) is 15.6. The molecule has 2 nitrogen and oxygen atoms in total. The maximum Gasteiger partial charge on any atom is 0.416 e. The molecule has 0 spiro atoms. The minimum absolute atomic E-state index is 0.185. The number of nitrogens with one attached hydrogen (secondary N) is 1. The highest BCUT2D eigenvalue weighted by Gasteiger charge is 2.30. The van der Waals surface area contributed by atoms with E-state index >= 15 is 0 Å². The molecular formula is C15H13F3N2S. The van der Waals surface area contributed by atoms with Gasteiger partial charge in [-0.2, -0.15) is 13.2 Å². The first-order chi connectivity index (χ1) is 9.77. The third-order valence-corrected chi connectivity index (χ3v) is 3.13. The summed E-state index contributed by atoms with van der Waals surface area (Å²) in [7, 11) is 0. The van der Waals surface area contributed by atoms with Crippen molar-refractivity contribution in [1.29, 1.82) is 0 Å². The quantitative estimate of drug-likeness (QED) is 0.826. The largest absolute Gasteiger partial charge is 0.416 e. The second kappa shape index (κ2) is 5.73. The van der Waals surface area contributed by atoms with Crippen molar-refractivity contribution in [1.82, 2.24) is 0 Å². The Morgan fingerprint density at radius 3 is 2.48 bits per heavy atom. The van der Waals surface area contributed by atoms with E-state index in [1.54, 1.807) is 18.2 Å². The molecule has 0 saturated carbocycles. The number of halogens is 3. The average molecular weight is 310 g/mol. The molecule has 0 radical (unpaired) electrons. The van der Waals surface area contributed by atoms with Crippen LogP contribution in [0.15, 0.2) is 42.5 Å². The smallest absolute Gasteiger partial charge is 0.389 e. The summed E-state index contributed by atoms with van der Waals surface area (Å²) in [6.45, 7) is 1.88. The first kappa shape index (κ1) is 15.3. The highest BCUT2D eigenvalue weighted by molar-refractivity contribution is 7.80. The minimum Gasteiger partial charge on any atom is -0.389 e. The minimum atomic E-state index is -4.38. The van der Waals surface area contributed by atoms with Gasteiger partial charge >= 0.3 is 6.18 Å². The van der Waals surface area contributed by atoms with Crippen molar-refractivity contribution in [2.24, 2.45) is 5.73 Å². The van der Waals surface area contributed by atoms with Crippen molar-refractivity contribution in [2.45, 2.75) is 13.1 Å². The Kier molecular flexibility index (Phi) is 4.18. The van der Waals surface area contributed by atoms with Crippen molar-refractivity contribution >= 4 is 28.6 Å². The summed E-state index contributed by atoms with van der Waals surface area (Å²) in [5, 5.41) is 2.94. The van der Waals surface area contributed by atoms with Crippen LogP contribution >= 0.6 is 12.2 Å². The summed E-state index contributed by atoms with van der Waals surface area (Å²) >= 11 is 4.95. The number of alkyl halides is 3. The number of aryl methyl sites for hydroxylation is 1. The summed E-state index contributed by atoms with van der Waals surface area (Å²) in [6, 6.07) is 10.3. The van der Waals surface area contributed by atoms with Gasteiger partial charge in [-0.15, -0.1) is 0 Å². The van der Waals surface area contributed by atoms with Gasteiger partial charge in [0.2, 0.25) is 0 Å². The van der Waals surface area contributed by atoms with Crippen LogP contribution in [-0.2, 0) is 6.18 Å². The van der Waals surface area contributed by atoms with Gasteiger partial charge in [-0.1, -0.05) is 24.4 Å². The van der Waals surface area contributed by atoms with Gasteiger partial charge in [0.15, 0.2) is 0 Å². The van der Waals surface area contributed by atoms with Crippen LogP contribution < -0.4 is 11.1 Å². The predicted molar refractivity (Wildman–Crippen MR) is 81.8 cm³/mol. The van der Waals surface area contributed by atoms with Crippen LogP contribution in [0.1, 0.15) is 16.7 Å². The number of hydrogen-bond donors (Lipinski definition) is 2. The van der Waals surface area contributed by atoms with Crippen molar-refractivity contribution in [3.05, 3.63) is 59.2 Å². The Morgan fingerprint density at radius 2 is 1.86 bits per heavy atom. The maximum atomic E-state index is 12.7. The zero-order valence-electron chi connectivity index (χ0n) is 11.2. The lowest BCUT2D eigenvalue weighted by atomic mass is 10.1. The molecule has 0 aliphatic rings. The molecule has 21 heavy (non-hydrogen) atoms. The predicted octanol–water partition coefficient (Wildman–Crippen LogP) is 4.39. The second-order valence-electron chi connectivity index (χ2n) is 4.62. The van der Waals surface area contributed by atoms with Crippen LogP contribution in [0.2, 0.25) is 0 Å². The molecular weight excluding hydrogens is 297 g/mol. The molecule has 6 heteroatoms. The topological polar surface area (TPSA) is 38.0 Å². The Hall–Kier alpha value is -2.08. The third-order valence-electron chi connectivity index (χ3n) is 2.91. The van der Waals surface area contributed by atoms with Gasteiger partial charge in [-0.25, -0.2) is 0 Å². The zero-order valence-corrected chi connectivity index (χ0v) is 12.0. The number of thiocarbonyl (C=S) groups is 1. The normalized spacial score (nSPS) is 11.2. The SMILES string of the molecule is Cc1ccc(C(N)=S)c(Nc2cccc(C(F)(F)F)c2)c1. The summed E-state index contributed by atoms with van der Waals surface area (Å²) < 4.78 is 38.1. The van der Waals surface area contributed by atoms with Gasteiger partial charge in [0, 0.05) is 16.9 Å². The molecule has 0 heterocycles. The van der Waals surface area contributed by atoms with Gasteiger partial charge in [0.1, 0.15) is 4.99 Å². The van der Waals surface area contributed by atoms with E-state index in [1.807, 2.05) is 13.0 Å². The van der Waals surface area contributed by atoms with Crippen LogP contribution in [-0.4, -0.2) is 4.99 Å². The van der Waals surface area contributed by atoms with E-state index in [4.69, 9.17) is 18.0 Å². The molecule has 110 valence electrons. The van der Waals surface area contributed by atoms with Crippen LogP contribution in [0.25, 0.3) is 0 Å². The Bertz CT molecular complexity index is 681. The first-order valence-corrected chi connectivity index (χ1v) is 6.53. The third kappa shape index (κ3) is 3.72. The molecule has 0 atom stereocenters. The highest BCUT2D eigenvalue weighted by atomic mass is 32.1. The van der Waals surface area contributed by atoms with Gasteiger partial charge < -0.3 is 11.1 Å². The molecule has 3 N–H and O–H groups in total. The Morgan fingerprint density at radius 1 is 1.14 bits per heavy atom. The highest BCUT2D eigenvalue weighted by Crippen LogP contribution is 2.32. The van der Waals surface area contributed by atoms with Crippen LogP contribution in [0.5, 0.6) is 0 Å². The second-order valence-corrected chi connectivity index (χ2v) is 5.06. The van der Waals surface area contributed by atoms with Crippen LogP contribution in [0.3, 0.4) is 0 Å². The van der Waals surface area contributed by atoms with Crippen molar-refractivity contribution < 1.29 is 13.2 Å². The van der Waals surface area contributed by atoms with E-state index in [1.165, 1.54) is 6.07 Å². The molecule has 2 rings (SSSR count). The molecule has 0 amide bonds. The standard InChI is InChI=1S/C15H13F3N2S/c1-9-5-6-12(14(19)21)13(7-9)20-11-4-2-3-10(8-11)15(16,17)18/h2-8,20H,1H3,(H2,19,21). The van der Waals surface area contributed by atoms with Crippen LogP contribution in [0, 0.1) is 6.92 Å². The first-order valence-electron chi connectivity index (χ1n) is 6.12. The number of rotatable bonds is 3. The van der Waals surface area contributed by atoms with E-state index in [0.717, 1.165) is 17.7 Å². The van der Waals surface area contributed by atoms with E-state index < -0.39 is 11.7 Å². The Labute approximate surface area is 125 Å². The fraction of sp³-hybridized carbons (Fsp3) is 0.133. The molecule has 0 aliphatic heterocycles. The number of nitrogens with two attached hydrogens (primary N) is 1. The van der Waals surface area contributed by atoms with Gasteiger partial charge in [-0.3, -0.25) is 0 Å². The molecule has 2 aromatic carbocycles. The maximum absolute atomic E-state index is 12.7. The Balaban J connectivity index is 2.39. The van der Waals surface area contributed by atoms with Gasteiger partial charge in [-0.05, 0) is 42.8 Å². The van der Waals surface area contributed by atoms with Crippen molar-refractivity contribution in [3.8, 4) is 0 Å². The monoisotopic (exact) mass is 310 g/mol. The lowest BCUT2D eigenvalue weighted by Gasteiger charge is -2.14. The lowest BCUT2D eigenvalue weighted by molar-refractivity contribution is -0.137. The van der Waals surface area contributed by atoms with Crippen molar-refractivity contribution in [2.75, 3.05) is 5.32 Å². The molecule has 0 aliphatic carbocycles. The molecule has 0 aromatic heterocycles. The molecule has 0 saturated heterocycles. The summed E-state index contributed by atoms with van der Waals surface area (Å²) in [4.78, 5) is 0.185.